The van der Waals surface area contributed by atoms with Crippen molar-refractivity contribution in [2.45, 2.75) is 12.6 Å². The van der Waals surface area contributed by atoms with Gasteiger partial charge in [-0.15, -0.1) is 0 Å². The molecule has 2 aromatic carbocycles. The molecule has 0 aliphatic carbocycles. The lowest BCUT2D eigenvalue weighted by atomic mass is 10.1. The molecule has 1 aliphatic rings. The highest BCUT2D eigenvalue weighted by Crippen LogP contribution is 2.28. The van der Waals surface area contributed by atoms with Gasteiger partial charge in [-0.1, -0.05) is 59.6 Å². The summed E-state index contributed by atoms with van der Waals surface area (Å²) in [5.74, 6) is 0.747. The van der Waals surface area contributed by atoms with Gasteiger partial charge in [0.15, 0.2) is 0 Å². The maximum Gasteiger partial charge on any atom is 0.130 e. The average molecular weight is 414 g/mol. The fraction of sp³-hybridized carbons (Fsp3) is 0.227. The van der Waals surface area contributed by atoms with Gasteiger partial charge in [0.05, 0.1) is 23.4 Å². The summed E-state index contributed by atoms with van der Waals surface area (Å²) in [6, 6.07) is 19.8. The summed E-state index contributed by atoms with van der Waals surface area (Å²) >= 11 is 12.2. The highest BCUT2D eigenvalue weighted by molar-refractivity contribution is 6.36. The summed E-state index contributed by atoms with van der Waals surface area (Å²) < 4.78 is 5.95. The number of pyridine rings is 1. The van der Waals surface area contributed by atoms with Crippen LogP contribution in [0.1, 0.15) is 17.2 Å². The lowest BCUT2D eigenvalue weighted by Crippen LogP contribution is -2.37. The van der Waals surface area contributed by atoms with Crippen molar-refractivity contribution < 1.29 is 4.74 Å². The van der Waals surface area contributed by atoms with Gasteiger partial charge in [-0.05, 0) is 35.4 Å². The van der Waals surface area contributed by atoms with Crippen molar-refractivity contribution in [2.75, 3.05) is 25.0 Å². The molecule has 1 fully saturated rings. The Morgan fingerprint density at radius 3 is 2.68 bits per heavy atom. The Morgan fingerprint density at radius 2 is 1.93 bits per heavy atom. The summed E-state index contributed by atoms with van der Waals surface area (Å²) in [6.45, 7) is 3.39. The van der Waals surface area contributed by atoms with Gasteiger partial charge < -0.3 is 10.1 Å². The fourth-order valence-corrected chi connectivity index (χ4v) is 3.75. The topological polar surface area (TPSA) is 37.4 Å². The Morgan fingerprint density at radius 1 is 1.07 bits per heavy atom. The number of halogens is 2. The fourth-order valence-electron chi connectivity index (χ4n) is 3.29. The Kier molecular flexibility index (Phi) is 6.13. The Hall–Kier alpha value is -2.11. The number of benzene rings is 2. The van der Waals surface area contributed by atoms with Crippen LogP contribution in [-0.4, -0.2) is 29.6 Å². The standard InChI is InChI=1S/C22H21Cl2N3O/c23-18-7-8-20(19(24)12-18)26-22-9-6-16(13-25-22)14-27-10-11-28-21(15-27)17-4-2-1-3-5-17/h1-9,12-13,21H,10-11,14-15H2,(H,25,26). The zero-order valence-corrected chi connectivity index (χ0v) is 16.8. The van der Waals surface area contributed by atoms with E-state index in [0.29, 0.717) is 10.0 Å². The molecule has 2 heterocycles. The number of nitrogens with one attached hydrogen (secondary N) is 1. The third-order valence-corrected chi connectivity index (χ3v) is 5.29. The molecule has 6 heteroatoms. The summed E-state index contributed by atoms with van der Waals surface area (Å²) in [4.78, 5) is 6.92. The molecule has 1 atom stereocenters. The van der Waals surface area contributed by atoms with Crippen molar-refractivity contribution in [1.29, 1.82) is 0 Å². The van der Waals surface area contributed by atoms with Crippen molar-refractivity contribution in [1.82, 2.24) is 9.88 Å². The van der Waals surface area contributed by atoms with Gasteiger partial charge in [-0.25, -0.2) is 4.98 Å². The van der Waals surface area contributed by atoms with Gasteiger partial charge in [0.1, 0.15) is 5.82 Å². The predicted molar refractivity (Wildman–Crippen MR) is 114 cm³/mol. The molecular weight excluding hydrogens is 393 g/mol. The Bertz CT molecular complexity index is 919. The SMILES string of the molecule is Clc1ccc(Nc2ccc(CN3CCOC(c4ccccc4)C3)cn2)c(Cl)c1. The second-order valence-corrected chi connectivity index (χ2v) is 7.65. The predicted octanol–water partition coefficient (Wildman–Crippen LogP) is 5.71. The van der Waals surface area contributed by atoms with Crippen LogP contribution in [0.2, 0.25) is 10.0 Å². The van der Waals surface area contributed by atoms with Crippen molar-refractivity contribution in [2.24, 2.45) is 0 Å². The normalized spacial score (nSPS) is 17.4. The number of ether oxygens (including phenoxy) is 1. The monoisotopic (exact) mass is 413 g/mol. The summed E-state index contributed by atoms with van der Waals surface area (Å²) in [5.41, 5.74) is 3.18. The number of morpholine rings is 1. The van der Waals surface area contributed by atoms with Gasteiger partial charge >= 0.3 is 0 Å². The number of hydrogen-bond acceptors (Lipinski definition) is 4. The van der Waals surface area contributed by atoms with Crippen molar-refractivity contribution in [3.05, 3.63) is 88.0 Å². The minimum Gasteiger partial charge on any atom is -0.371 e. The number of nitrogens with zero attached hydrogens (tertiary/aromatic N) is 2. The van der Waals surface area contributed by atoms with Gasteiger partial charge in [-0.3, -0.25) is 4.90 Å². The smallest absolute Gasteiger partial charge is 0.130 e. The second kappa shape index (κ2) is 8.93. The molecule has 0 amide bonds. The van der Waals surface area contributed by atoms with Crippen molar-refractivity contribution in [3.63, 3.8) is 0 Å². The van der Waals surface area contributed by atoms with E-state index in [4.69, 9.17) is 27.9 Å². The van der Waals surface area contributed by atoms with E-state index in [1.54, 1.807) is 12.1 Å². The van der Waals surface area contributed by atoms with E-state index < -0.39 is 0 Å². The molecular formula is C22H21Cl2N3O. The van der Waals surface area contributed by atoms with E-state index in [2.05, 4.69) is 45.5 Å². The first kappa shape index (κ1) is 19.2. The minimum absolute atomic E-state index is 0.121. The number of hydrogen-bond donors (Lipinski definition) is 1. The average Bonchev–Trinajstić information content (AvgIpc) is 2.72. The zero-order chi connectivity index (χ0) is 19.3. The summed E-state index contributed by atoms with van der Waals surface area (Å²) in [5, 5.41) is 4.40. The molecule has 1 aliphatic heterocycles. The molecule has 0 bridgehead atoms. The van der Waals surface area contributed by atoms with Crippen molar-refractivity contribution in [3.8, 4) is 0 Å². The van der Waals surface area contributed by atoms with Crippen LogP contribution in [0.25, 0.3) is 0 Å². The van der Waals surface area contributed by atoms with Crippen LogP contribution in [0.4, 0.5) is 11.5 Å². The van der Waals surface area contributed by atoms with E-state index in [1.807, 2.05) is 24.4 Å². The maximum absolute atomic E-state index is 6.21. The van der Waals surface area contributed by atoms with Crippen LogP contribution >= 0.6 is 23.2 Å². The molecule has 0 spiro atoms. The second-order valence-electron chi connectivity index (χ2n) is 6.81. The molecule has 0 saturated carbocycles. The molecule has 1 saturated heterocycles. The van der Waals surface area contributed by atoms with Crippen LogP contribution in [0, 0.1) is 0 Å². The van der Waals surface area contributed by atoms with Gasteiger partial charge in [0.2, 0.25) is 0 Å². The van der Waals surface area contributed by atoms with Gasteiger partial charge in [0.25, 0.3) is 0 Å². The van der Waals surface area contributed by atoms with Crippen molar-refractivity contribution >= 4 is 34.7 Å². The third-order valence-electron chi connectivity index (χ3n) is 4.75. The first-order chi connectivity index (χ1) is 13.7. The third kappa shape index (κ3) is 4.83. The molecule has 3 aromatic rings. The lowest BCUT2D eigenvalue weighted by Gasteiger charge is -2.33. The molecule has 1 N–H and O–H groups in total. The quantitative estimate of drug-likeness (QED) is 0.581. The molecule has 4 rings (SSSR count). The van der Waals surface area contributed by atoms with E-state index in [-0.39, 0.29) is 6.10 Å². The molecule has 1 aromatic heterocycles. The minimum atomic E-state index is 0.121. The first-order valence-electron chi connectivity index (χ1n) is 9.23. The van der Waals surface area contributed by atoms with Crippen LogP contribution in [0.5, 0.6) is 0 Å². The Labute approximate surface area is 175 Å². The van der Waals surface area contributed by atoms with Crippen LogP contribution in [-0.2, 0) is 11.3 Å². The zero-order valence-electron chi connectivity index (χ0n) is 15.3. The molecule has 28 heavy (non-hydrogen) atoms. The summed E-state index contributed by atoms with van der Waals surface area (Å²) in [6.07, 6.45) is 2.02. The van der Waals surface area contributed by atoms with Crippen LogP contribution in [0.15, 0.2) is 66.9 Å². The molecule has 1 unspecified atom stereocenters. The van der Waals surface area contributed by atoms with E-state index in [0.717, 1.165) is 37.7 Å². The lowest BCUT2D eigenvalue weighted by molar-refractivity contribution is -0.0329. The van der Waals surface area contributed by atoms with Gasteiger partial charge in [-0.2, -0.15) is 0 Å². The number of aromatic nitrogens is 1. The van der Waals surface area contributed by atoms with E-state index >= 15 is 0 Å². The first-order valence-corrected chi connectivity index (χ1v) is 9.99. The Balaban J connectivity index is 1.37. The maximum atomic E-state index is 6.21. The molecule has 144 valence electrons. The highest BCUT2D eigenvalue weighted by Gasteiger charge is 2.21. The van der Waals surface area contributed by atoms with Gasteiger partial charge in [0, 0.05) is 30.9 Å². The highest BCUT2D eigenvalue weighted by atomic mass is 35.5. The molecule has 4 nitrogen and oxygen atoms in total. The van der Waals surface area contributed by atoms with E-state index in [9.17, 15) is 0 Å². The molecule has 0 radical (unpaired) electrons. The van der Waals surface area contributed by atoms with E-state index in [1.165, 1.54) is 11.1 Å². The van der Waals surface area contributed by atoms with Crippen LogP contribution < -0.4 is 5.32 Å². The number of rotatable bonds is 5. The number of anilines is 2. The largest absolute Gasteiger partial charge is 0.371 e. The van der Waals surface area contributed by atoms with Crippen LogP contribution in [0.3, 0.4) is 0 Å². The summed E-state index contributed by atoms with van der Waals surface area (Å²) in [7, 11) is 0.